The van der Waals surface area contributed by atoms with Gasteiger partial charge in [0.2, 0.25) is 5.91 Å². The summed E-state index contributed by atoms with van der Waals surface area (Å²) in [6.07, 6.45) is 8.48. The second-order valence-electron chi connectivity index (χ2n) is 3.63. The predicted molar refractivity (Wildman–Crippen MR) is 64.7 cm³/mol. The van der Waals surface area contributed by atoms with Crippen molar-refractivity contribution in [1.29, 1.82) is 0 Å². The summed E-state index contributed by atoms with van der Waals surface area (Å²) >= 11 is 1.92. The van der Waals surface area contributed by atoms with Crippen LogP contribution in [0.2, 0.25) is 0 Å². The maximum atomic E-state index is 10.7. The standard InChI is InChI=1S/C11H23NOS/c1-4-5-6-7-11(14-3)8-9-12-10(2)13/h11H,4-9H2,1-3H3,(H,12,13). The van der Waals surface area contributed by atoms with E-state index in [1.54, 1.807) is 6.92 Å². The van der Waals surface area contributed by atoms with Gasteiger partial charge in [0.15, 0.2) is 0 Å². The minimum absolute atomic E-state index is 0.0819. The fourth-order valence-corrected chi connectivity index (χ4v) is 2.17. The number of unbranched alkanes of at least 4 members (excludes halogenated alkanes) is 2. The van der Waals surface area contributed by atoms with Gasteiger partial charge in [-0.1, -0.05) is 26.2 Å². The summed E-state index contributed by atoms with van der Waals surface area (Å²) in [5.41, 5.74) is 0. The highest BCUT2D eigenvalue weighted by atomic mass is 32.2. The molecule has 0 bridgehead atoms. The lowest BCUT2D eigenvalue weighted by Gasteiger charge is -2.13. The fraction of sp³-hybridized carbons (Fsp3) is 0.909. The van der Waals surface area contributed by atoms with Crippen molar-refractivity contribution >= 4 is 17.7 Å². The number of carbonyl (C=O) groups excluding carboxylic acids is 1. The zero-order valence-corrected chi connectivity index (χ0v) is 10.5. The second-order valence-corrected chi connectivity index (χ2v) is 4.76. The van der Waals surface area contributed by atoms with E-state index < -0.39 is 0 Å². The molecule has 0 radical (unpaired) electrons. The Kier molecular flexibility index (Phi) is 9.26. The zero-order chi connectivity index (χ0) is 10.8. The lowest BCUT2D eigenvalue weighted by atomic mass is 10.1. The Morgan fingerprint density at radius 2 is 2.07 bits per heavy atom. The van der Waals surface area contributed by atoms with E-state index in [9.17, 15) is 4.79 Å². The molecule has 0 aromatic carbocycles. The van der Waals surface area contributed by atoms with Gasteiger partial charge in [0, 0.05) is 18.7 Å². The highest BCUT2D eigenvalue weighted by Gasteiger charge is 2.06. The SMILES string of the molecule is CCCCCC(CCNC(C)=O)SC. The summed E-state index contributed by atoms with van der Waals surface area (Å²) < 4.78 is 0. The van der Waals surface area contributed by atoms with Crippen LogP contribution in [0.15, 0.2) is 0 Å². The molecule has 0 aliphatic rings. The van der Waals surface area contributed by atoms with Crippen molar-refractivity contribution in [3.05, 3.63) is 0 Å². The Hall–Kier alpha value is -0.180. The van der Waals surface area contributed by atoms with E-state index in [0.717, 1.165) is 13.0 Å². The van der Waals surface area contributed by atoms with Crippen molar-refractivity contribution in [1.82, 2.24) is 5.32 Å². The summed E-state index contributed by atoms with van der Waals surface area (Å²) in [4.78, 5) is 10.7. The number of carbonyl (C=O) groups is 1. The molecular weight excluding hydrogens is 194 g/mol. The van der Waals surface area contributed by atoms with Gasteiger partial charge < -0.3 is 5.32 Å². The van der Waals surface area contributed by atoms with Crippen molar-refractivity contribution < 1.29 is 4.79 Å². The number of hydrogen-bond donors (Lipinski definition) is 1. The molecule has 0 rings (SSSR count). The summed E-state index contributed by atoms with van der Waals surface area (Å²) in [5.74, 6) is 0.0819. The highest BCUT2D eigenvalue weighted by molar-refractivity contribution is 7.99. The van der Waals surface area contributed by atoms with Crippen molar-refractivity contribution in [2.75, 3.05) is 12.8 Å². The average molecular weight is 217 g/mol. The molecule has 1 unspecified atom stereocenters. The molecule has 1 atom stereocenters. The van der Waals surface area contributed by atoms with Gasteiger partial charge >= 0.3 is 0 Å². The molecule has 0 fully saturated rings. The zero-order valence-electron chi connectivity index (χ0n) is 9.64. The molecule has 0 saturated carbocycles. The van der Waals surface area contributed by atoms with Crippen LogP contribution in [-0.2, 0) is 4.79 Å². The van der Waals surface area contributed by atoms with Crippen LogP contribution in [-0.4, -0.2) is 24.0 Å². The largest absolute Gasteiger partial charge is 0.356 e. The third-order valence-corrected chi connectivity index (χ3v) is 3.44. The van der Waals surface area contributed by atoms with Crippen molar-refractivity contribution in [3.8, 4) is 0 Å². The van der Waals surface area contributed by atoms with Gasteiger partial charge in [0.25, 0.3) is 0 Å². The molecule has 0 heterocycles. The van der Waals surface area contributed by atoms with Crippen molar-refractivity contribution in [3.63, 3.8) is 0 Å². The topological polar surface area (TPSA) is 29.1 Å². The molecule has 1 amide bonds. The minimum Gasteiger partial charge on any atom is -0.356 e. The highest BCUT2D eigenvalue weighted by Crippen LogP contribution is 2.17. The summed E-state index contributed by atoms with van der Waals surface area (Å²) in [5, 5.41) is 3.56. The van der Waals surface area contributed by atoms with Gasteiger partial charge in [-0.05, 0) is 19.1 Å². The number of hydrogen-bond acceptors (Lipinski definition) is 2. The van der Waals surface area contributed by atoms with E-state index in [1.165, 1.54) is 25.7 Å². The van der Waals surface area contributed by atoms with E-state index in [2.05, 4.69) is 18.5 Å². The Balaban J connectivity index is 3.42. The van der Waals surface area contributed by atoms with Crippen LogP contribution in [0.3, 0.4) is 0 Å². The van der Waals surface area contributed by atoms with Crippen LogP contribution in [0.1, 0.15) is 46.0 Å². The average Bonchev–Trinajstić information content (AvgIpc) is 2.15. The summed E-state index contributed by atoms with van der Waals surface area (Å²) in [6, 6.07) is 0. The van der Waals surface area contributed by atoms with E-state index in [4.69, 9.17) is 0 Å². The van der Waals surface area contributed by atoms with E-state index in [-0.39, 0.29) is 5.91 Å². The Morgan fingerprint density at radius 1 is 1.36 bits per heavy atom. The second kappa shape index (κ2) is 9.38. The Labute approximate surface area is 92.2 Å². The fourth-order valence-electron chi connectivity index (χ4n) is 1.41. The van der Waals surface area contributed by atoms with Gasteiger partial charge in [0.1, 0.15) is 0 Å². The monoisotopic (exact) mass is 217 g/mol. The maximum Gasteiger partial charge on any atom is 0.216 e. The molecule has 3 heteroatoms. The van der Waals surface area contributed by atoms with Crippen LogP contribution in [0.25, 0.3) is 0 Å². The Morgan fingerprint density at radius 3 is 2.57 bits per heavy atom. The van der Waals surface area contributed by atoms with Gasteiger partial charge in [0.05, 0.1) is 0 Å². The summed E-state index contributed by atoms with van der Waals surface area (Å²) in [6.45, 7) is 4.63. The molecule has 1 N–H and O–H groups in total. The van der Waals surface area contributed by atoms with Crippen LogP contribution < -0.4 is 5.32 Å². The molecule has 0 spiro atoms. The van der Waals surface area contributed by atoms with Crippen LogP contribution in [0, 0.1) is 0 Å². The first-order valence-corrected chi connectivity index (χ1v) is 6.76. The van der Waals surface area contributed by atoms with E-state index >= 15 is 0 Å². The molecule has 14 heavy (non-hydrogen) atoms. The summed E-state index contributed by atoms with van der Waals surface area (Å²) in [7, 11) is 0. The first-order chi connectivity index (χ1) is 6.70. The lowest BCUT2D eigenvalue weighted by Crippen LogP contribution is -2.23. The molecule has 0 aromatic rings. The first kappa shape index (κ1) is 13.8. The Bertz CT molecular complexity index is 150. The molecular formula is C11H23NOS. The van der Waals surface area contributed by atoms with Crippen molar-refractivity contribution in [2.24, 2.45) is 0 Å². The number of nitrogens with one attached hydrogen (secondary N) is 1. The number of thioether (sulfide) groups is 1. The van der Waals surface area contributed by atoms with Gasteiger partial charge in [-0.25, -0.2) is 0 Å². The molecule has 2 nitrogen and oxygen atoms in total. The molecule has 0 aliphatic heterocycles. The normalized spacial score (nSPS) is 12.5. The smallest absolute Gasteiger partial charge is 0.216 e. The maximum absolute atomic E-state index is 10.7. The van der Waals surface area contributed by atoms with E-state index in [0.29, 0.717) is 5.25 Å². The van der Waals surface area contributed by atoms with Gasteiger partial charge in [-0.2, -0.15) is 11.8 Å². The molecule has 0 aromatic heterocycles. The predicted octanol–water partition coefficient (Wildman–Crippen LogP) is 2.82. The van der Waals surface area contributed by atoms with Crippen LogP contribution >= 0.6 is 11.8 Å². The minimum atomic E-state index is 0.0819. The third kappa shape index (κ3) is 8.42. The lowest BCUT2D eigenvalue weighted by molar-refractivity contribution is -0.118. The quantitative estimate of drug-likeness (QED) is 0.633. The third-order valence-electron chi connectivity index (χ3n) is 2.30. The first-order valence-electron chi connectivity index (χ1n) is 5.48. The molecule has 0 aliphatic carbocycles. The number of amides is 1. The van der Waals surface area contributed by atoms with Gasteiger partial charge in [-0.15, -0.1) is 0 Å². The van der Waals surface area contributed by atoms with Crippen LogP contribution in [0.4, 0.5) is 0 Å². The molecule has 84 valence electrons. The van der Waals surface area contributed by atoms with Gasteiger partial charge in [-0.3, -0.25) is 4.79 Å². The van der Waals surface area contributed by atoms with Crippen LogP contribution in [0.5, 0.6) is 0 Å². The molecule has 0 saturated heterocycles. The van der Waals surface area contributed by atoms with E-state index in [1.807, 2.05) is 11.8 Å². The van der Waals surface area contributed by atoms with Crippen molar-refractivity contribution in [2.45, 2.75) is 51.2 Å². The number of rotatable bonds is 8.